The van der Waals surface area contributed by atoms with Crippen LogP contribution in [0.5, 0.6) is 0 Å². The Bertz CT molecular complexity index is 2520. The molecule has 6 rings (SSSR count). The van der Waals surface area contributed by atoms with Gasteiger partial charge in [0, 0.05) is 38.3 Å². The van der Waals surface area contributed by atoms with Crippen LogP contribution in [0.3, 0.4) is 0 Å². The van der Waals surface area contributed by atoms with Crippen LogP contribution in [0.1, 0.15) is 145 Å². The SMILES string of the molecule is CC(C)OCCN1C(=O)N(C)C(C)(C)C1=O.CC(C)OCCN1C(=O)NC(C)(C)C1=O.CC(C)OCCn1ccccc1=O.CC(C)OCc1ccc(C#N)cc1F.Cc1cnc(COC(C)C)o1.Cc1nnc(COC(C)C)o1. The minimum absolute atomic E-state index is 0.0230. The molecule has 80 heavy (non-hydrogen) atoms. The summed E-state index contributed by atoms with van der Waals surface area (Å²) in [5.41, 5.74) is -0.688. The van der Waals surface area contributed by atoms with Crippen LogP contribution in [0, 0.1) is 31.0 Å². The largest absolute Gasteiger partial charge is 0.443 e. The molecule has 2 aliphatic heterocycles. The Kier molecular flexibility index (Phi) is 32.3. The second-order valence-corrected chi connectivity index (χ2v) is 20.9. The second-order valence-electron chi connectivity index (χ2n) is 20.9. The number of oxazole rings is 1. The predicted molar refractivity (Wildman–Crippen MR) is 298 cm³/mol. The maximum absolute atomic E-state index is 13.3. The fraction of sp³-hybridized carbons (Fsp3) is 0.632. The molecule has 0 spiro atoms. The van der Waals surface area contributed by atoms with E-state index >= 15 is 0 Å². The van der Waals surface area contributed by atoms with Gasteiger partial charge in [0.1, 0.15) is 35.9 Å². The number of imide groups is 2. The molecule has 22 nitrogen and oxygen atoms in total. The number of nitriles is 1. The van der Waals surface area contributed by atoms with E-state index < -0.39 is 11.1 Å². The molecule has 2 fully saturated rings. The number of ether oxygens (including phenoxy) is 6. The molecule has 0 unspecified atom stereocenters. The van der Waals surface area contributed by atoms with Crippen molar-refractivity contribution in [2.75, 3.05) is 40.0 Å². The van der Waals surface area contributed by atoms with Gasteiger partial charge in [0.2, 0.25) is 17.7 Å². The van der Waals surface area contributed by atoms with Gasteiger partial charge in [0.05, 0.1) is 94.0 Å². The minimum atomic E-state index is -0.783. The van der Waals surface area contributed by atoms with Crippen molar-refractivity contribution < 1.29 is 60.8 Å². The Balaban J connectivity index is 0.000000482. The highest BCUT2D eigenvalue weighted by molar-refractivity contribution is 6.07. The normalized spacial score (nSPS) is 14.3. The van der Waals surface area contributed by atoms with Crippen molar-refractivity contribution in [3.63, 3.8) is 0 Å². The van der Waals surface area contributed by atoms with Gasteiger partial charge < -0.3 is 52.0 Å². The Morgan fingerprint density at radius 1 is 0.650 bits per heavy atom. The molecule has 23 heteroatoms. The lowest BCUT2D eigenvalue weighted by Gasteiger charge is -2.22. The number of aromatic nitrogens is 4. The van der Waals surface area contributed by atoms with Crippen LogP contribution in [0.15, 0.2) is 62.4 Å². The first-order valence-electron chi connectivity index (χ1n) is 26.8. The summed E-state index contributed by atoms with van der Waals surface area (Å²) >= 11 is 0. The van der Waals surface area contributed by atoms with E-state index in [0.29, 0.717) is 81.5 Å². The molecule has 0 saturated carbocycles. The van der Waals surface area contributed by atoms with Gasteiger partial charge in [-0.2, -0.15) is 5.26 Å². The Morgan fingerprint density at radius 3 is 1.57 bits per heavy atom. The number of nitrogens with one attached hydrogen (secondary N) is 1. The lowest BCUT2D eigenvalue weighted by molar-refractivity contribution is -0.132. The molecule has 0 atom stereocenters. The Hall–Kier alpha value is -6.42. The number of halogens is 1. The number of pyridine rings is 1. The average molecular weight is 1130 g/mol. The number of benzene rings is 1. The van der Waals surface area contributed by atoms with E-state index in [2.05, 4.69) is 20.5 Å². The van der Waals surface area contributed by atoms with Gasteiger partial charge in [-0.05, 0) is 136 Å². The summed E-state index contributed by atoms with van der Waals surface area (Å²) in [6.45, 7) is 37.5. The Labute approximate surface area is 472 Å². The monoisotopic (exact) mass is 1130 g/mol. The molecule has 0 radical (unpaired) electrons. The number of likely N-dealkylation sites (N-methyl/N-ethyl adjacent to an activating group) is 1. The number of rotatable bonds is 21. The first-order valence-corrected chi connectivity index (χ1v) is 26.8. The standard InChI is InChI=1S/C11H12FNO.C11H20N2O3.C10H18N2O3.C10H15NO2.C8H13NO2.C7H12N2O2/c1-8(2)14-7-10-4-3-9(6-13)5-11(10)12;1-8(2)16-7-6-13-9(14)11(3,4)12(5)10(13)15;1-7(2)15-6-5-12-8(13)10(3,4)11-9(12)14;1-9(2)13-8-7-11-6-4-3-5-10(11)12;1-6(2)10-5-8-9-4-7(3)11-8;1-5(2)10-4-7-9-8-6(3)11-7/h3-5,8H,7H2,1-2H3;8H,6-7H2,1-5H3;7H,5-6H2,1-4H3,(H,11,14);3-6,9H,7-8H2,1-2H3;4,6H,5H2,1-3H3;5H,4H2,1-3H3. The zero-order chi connectivity index (χ0) is 60.9. The van der Waals surface area contributed by atoms with E-state index in [0.717, 1.165) is 5.76 Å². The van der Waals surface area contributed by atoms with Crippen molar-refractivity contribution in [2.24, 2.45) is 0 Å². The third-order valence-corrected chi connectivity index (χ3v) is 10.9. The van der Waals surface area contributed by atoms with Crippen LogP contribution in [-0.2, 0) is 64.4 Å². The fourth-order valence-corrected chi connectivity index (χ4v) is 6.32. The van der Waals surface area contributed by atoms with Crippen molar-refractivity contribution in [3.05, 3.63) is 99.5 Å². The summed E-state index contributed by atoms with van der Waals surface area (Å²) < 4.78 is 56.9. The fourth-order valence-electron chi connectivity index (χ4n) is 6.32. The number of amides is 6. The van der Waals surface area contributed by atoms with Gasteiger partial charge in [0.15, 0.2) is 0 Å². The van der Waals surface area contributed by atoms with E-state index in [4.69, 9.17) is 42.5 Å². The van der Waals surface area contributed by atoms with Crippen molar-refractivity contribution in [1.29, 1.82) is 5.26 Å². The van der Waals surface area contributed by atoms with Crippen LogP contribution in [0.4, 0.5) is 14.0 Å². The molecule has 2 saturated heterocycles. The van der Waals surface area contributed by atoms with Gasteiger partial charge in [-0.3, -0.25) is 24.2 Å². The first kappa shape index (κ1) is 71.6. The average Bonchev–Trinajstić information content (AvgIpc) is 4.08. The van der Waals surface area contributed by atoms with Gasteiger partial charge in [0.25, 0.3) is 17.4 Å². The third-order valence-electron chi connectivity index (χ3n) is 10.9. The topological polar surface area (TPSA) is 256 Å². The molecule has 3 aromatic heterocycles. The van der Waals surface area contributed by atoms with Crippen LogP contribution >= 0.6 is 0 Å². The van der Waals surface area contributed by atoms with Gasteiger partial charge in [-0.1, -0.05) is 12.1 Å². The van der Waals surface area contributed by atoms with Crippen molar-refractivity contribution in [2.45, 2.75) is 199 Å². The molecular weight excluding hydrogens is 1040 g/mol. The number of carbonyl (C=O) groups is 4. The Morgan fingerprint density at radius 2 is 1.16 bits per heavy atom. The maximum Gasteiger partial charge on any atom is 0.327 e. The van der Waals surface area contributed by atoms with Crippen LogP contribution in [0.2, 0.25) is 0 Å². The van der Waals surface area contributed by atoms with E-state index in [1.54, 1.807) is 82.9 Å². The van der Waals surface area contributed by atoms with Crippen molar-refractivity contribution >= 4 is 23.9 Å². The molecule has 2 aliphatic rings. The van der Waals surface area contributed by atoms with Gasteiger partial charge >= 0.3 is 12.1 Å². The van der Waals surface area contributed by atoms with E-state index in [1.165, 1.54) is 20.8 Å². The molecular formula is C57H90FN9O13. The lowest BCUT2D eigenvalue weighted by Crippen LogP contribution is -2.41. The molecule has 0 bridgehead atoms. The number of carbonyl (C=O) groups excluding carboxylic acids is 4. The highest BCUT2D eigenvalue weighted by atomic mass is 19.1. The summed E-state index contributed by atoms with van der Waals surface area (Å²) in [6, 6.07) is 10.8. The van der Waals surface area contributed by atoms with E-state index in [9.17, 15) is 28.4 Å². The summed E-state index contributed by atoms with van der Waals surface area (Å²) in [7, 11) is 1.64. The first-order chi connectivity index (χ1) is 37.3. The van der Waals surface area contributed by atoms with Gasteiger partial charge in [-0.15, -0.1) is 10.2 Å². The maximum atomic E-state index is 13.3. The highest BCUT2D eigenvalue weighted by Crippen LogP contribution is 2.25. The molecule has 4 aromatic rings. The van der Waals surface area contributed by atoms with Crippen molar-refractivity contribution in [3.8, 4) is 6.07 Å². The molecule has 5 heterocycles. The quantitative estimate of drug-likeness (QED) is 0.0764. The highest BCUT2D eigenvalue weighted by Gasteiger charge is 2.49. The molecule has 1 N–H and O–H groups in total. The van der Waals surface area contributed by atoms with E-state index in [1.807, 2.05) is 102 Å². The number of hydrogen-bond donors (Lipinski definition) is 1. The molecule has 6 amide bonds. The smallest absolute Gasteiger partial charge is 0.327 e. The zero-order valence-corrected chi connectivity index (χ0v) is 50.7. The number of nitrogens with zero attached hydrogens (tertiary/aromatic N) is 8. The number of hydrogen-bond acceptors (Lipinski definition) is 17. The summed E-state index contributed by atoms with van der Waals surface area (Å²) in [5, 5.41) is 18.6. The lowest BCUT2D eigenvalue weighted by atomic mass is 10.1. The summed E-state index contributed by atoms with van der Waals surface area (Å²) in [4.78, 5) is 65.9. The number of aryl methyl sites for hydroxylation is 2. The molecule has 1 aromatic carbocycles. The van der Waals surface area contributed by atoms with Crippen molar-refractivity contribution in [1.82, 2.24) is 39.8 Å². The second kappa shape index (κ2) is 36.0. The van der Waals surface area contributed by atoms with Gasteiger partial charge in [-0.25, -0.2) is 19.0 Å². The summed E-state index contributed by atoms with van der Waals surface area (Å²) in [5.74, 6) is 1.85. The summed E-state index contributed by atoms with van der Waals surface area (Å²) in [6.07, 6.45) is 4.40. The minimum Gasteiger partial charge on any atom is -0.443 e. The number of urea groups is 2. The van der Waals surface area contributed by atoms with Crippen LogP contribution in [0.25, 0.3) is 0 Å². The zero-order valence-electron chi connectivity index (χ0n) is 50.7. The van der Waals surface area contributed by atoms with Crippen LogP contribution in [-0.4, -0.2) is 146 Å². The molecule has 0 aliphatic carbocycles. The van der Waals surface area contributed by atoms with E-state index in [-0.39, 0.29) is 78.5 Å². The predicted octanol–water partition coefficient (Wildman–Crippen LogP) is 8.93. The third kappa shape index (κ3) is 27.6. The van der Waals surface area contributed by atoms with Crippen LogP contribution < -0.4 is 10.9 Å². The molecule has 448 valence electrons.